The molecule has 212 valence electrons. The molecule has 9 nitrogen and oxygen atoms in total. The molecule has 0 radical (unpaired) electrons. The standard InChI is InChI=1S/C18H13N3OS.C15H14N4O/c22-17(12-5-2-1-3-6-12)21-18-19-15-8-4-7-14(16(15)20-18)13-9-10-23-11-13;1-9-4-2-3-5-11(9)14(20)19-15-17-12-7-6-10(16)8-13(12)18-15/h1-11H,(H2,19,20,21,22);2-8H,16H2,1H3,(H2,17,18,19,20). The second-order valence-electron chi connectivity index (χ2n) is 9.75. The number of amides is 2. The number of thiophene rings is 1. The minimum absolute atomic E-state index is 0.179. The largest absolute Gasteiger partial charge is 0.399 e. The SMILES string of the molecule is Cc1ccccc1C(=O)Nc1nc2cc(N)ccc2[nH]1.O=C(Nc1nc2c(-c3ccsc3)cccc2[nH]1)c1ccccc1. The predicted molar refractivity (Wildman–Crippen MR) is 173 cm³/mol. The van der Waals surface area contributed by atoms with Crippen molar-refractivity contribution in [2.45, 2.75) is 6.92 Å². The molecule has 7 rings (SSSR count). The van der Waals surface area contributed by atoms with Crippen LogP contribution in [0.15, 0.2) is 108 Å². The van der Waals surface area contributed by atoms with Crippen LogP contribution in [-0.2, 0) is 0 Å². The van der Waals surface area contributed by atoms with Gasteiger partial charge in [0.05, 0.1) is 22.1 Å². The van der Waals surface area contributed by atoms with E-state index in [9.17, 15) is 9.59 Å². The third-order valence-corrected chi connectivity index (χ3v) is 7.42. The molecule has 6 N–H and O–H groups in total. The molecule has 0 bridgehead atoms. The highest BCUT2D eigenvalue weighted by Gasteiger charge is 2.13. The smallest absolute Gasteiger partial charge is 0.258 e. The Morgan fingerprint density at radius 2 is 1.51 bits per heavy atom. The van der Waals surface area contributed by atoms with Crippen LogP contribution < -0.4 is 16.4 Å². The highest BCUT2D eigenvalue weighted by molar-refractivity contribution is 7.08. The van der Waals surface area contributed by atoms with Gasteiger partial charge in [0.1, 0.15) is 0 Å². The summed E-state index contributed by atoms with van der Waals surface area (Å²) in [5, 5.41) is 9.71. The first-order valence-corrected chi connectivity index (χ1v) is 14.4. The zero-order valence-electron chi connectivity index (χ0n) is 23.1. The van der Waals surface area contributed by atoms with Crippen LogP contribution in [0.1, 0.15) is 26.3 Å². The number of nitrogens with two attached hydrogens (primary N) is 1. The van der Waals surface area contributed by atoms with Gasteiger partial charge < -0.3 is 15.7 Å². The van der Waals surface area contributed by atoms with Gasteiger partial charge in [0.15, 0.2) is 0 Å². The van der Waals surface area contributed by atoms with Crippen molar-refractivity contribution in [3.8, 4) is 11.1 Å². The number of hydrogen-bond acceptors (Lipinski definition) is 6. The topological polar surface area (TPSA) is 142 Å². The minimum atomic E-state index is -0.185. The van der Waals surface area contributed by atoms with Crippen molar-refractivity contribution in [3.63, 3.8) is 0 Å². The molecular formula is C33H27N7O2S. The zero-order valence-corrected chi connectivity index (χ0v) is 23.9. The van der Waals surface area contributed by atoms with Crippen molar-refractivity contribution >= 4 is 62.8 Å². The molecule has 3 heterocycles. The highest BCUT2D eigenvalue weighted by atomic mass is 32.1. The fraction of sp³-hybridized carbons (Fsp3) is 0.0303. The molecule has 3 aromatic heterocycles. The average Bonchev–Trinajstić information content (AvgIpc) is 3.77. The molecule has 2 amide bonds. The van der Waals surface area contributed by atoms with Gasteiger partial charge in [-0.05, 0) is 77.3 Å². The Bertz CT molecular complexity index is 2050. The van der Waals surface area contributed by atoms with Crippen LogP contribution >= 0.6 is 11.3 Å². The van der Waals surface area contributed by atoms with E-state index >= 15 is 0 Å². The molecule has 0 aliphatic heterocycles. The number of para-hydroxylation sites is 1. The Labute approximate surface area is 250 Å². The van der Waals surface area contributed by atoms with E-state index in [0.717, 1.165) is 38.8 Å². The molecule has 4 aromatic carbocycles. The normalized spacial score (nSPS) is 10.7. The lowest BCUT2D eigenvalue weighted by Crippen LogP contribution is -2.14. The van der Waals surface area contributed by atoms with E-state index in [1.807, 2.05) is 73.0 Å². The maximum atomic E-state index is 12.2. The van der Waals surface area contributed by atoms with Gasteiger partial charge in [0, 0.05) is 22.4 Å². The molecule has 0 aliphatic carbocycles. The molecule has 7 aromatic rings. The van der Waals surface area contributed by atoms with Crippen LogP contribution in [0.25, 0.3) is 33.2 Å². The number of nitrogens with zero attached hydrogens (tertiary/aromatic N) is 2. The van der Waals surface area contributed by atoms with E-state index < -0.39 is 0 Å². The third-order valence-electron chi connectivity index (χ3n) is 6.74. The molecule has 0 saturated carbocycles. The van der Waals surface area contributed by atoms with E-state index in [-0.39, 0.29) is 11.8 Å². The molecule has 0 spiro atoms. The maximum absolute atomic E-state index is 12.2. The number of aromatic nitrogens is 4. The summed E-state index contributed by atoms with van der Waals surface area (Å²) >= 11 is 1.65. The summed E-state index contributed by atoms with van der Waals surface area (Å²) in [6, 6.07) is 29.9. The van der Waals surface area contributed by atoms with Crippen molar-refractivity contribution < 1.29 is 9.59 Å². The van der Waals surface area contributed by atoms with E-state index in [0.29, 0.717) is 28.7 Å². The van der Waals surface area contributed by atoms with Crippen LogP contribution in [0.5, 0.6) is 0 Å². The van der Waals surface area contributed by atoms with Gasteiger partial charge in [-0.1, -0.05) is 48.5 Å². The first-order chi connectivity index (χ1) is 20.9. The van der Waals surface area contributed by atoms with Gasteiger partial charge >= 0.3 is 0 Å². The number of rotatable bonds is 5. The molecule has 0 aliphatic rings. The van der Waals surface area contributed by atoms with Crippen LogP contribution in [0.4, 0.5) is 17.6 Å². The zero-order chi connectivity index (χ0) is 29.8. The number of anilines is 3. The van der Waals surface area contributed by atoms with Gasteiger partial charge in [-0.2, -0.15) is 11.3 Å². The fourth-order valence-electron chi connectivity index (χ4n) is 4.60. The van der Waals surface area contributed by atoms with Gasteiger partial charge in [-0.25, -0.2) is 9.97 Å². The van der Waals surface area contributed by atoms with Crippen molar-refractivity contribution in [2.75, 3.05) is 16.4 Å². The second-order valence-corrected chi connectivity index (χ2v) is 10.5. The molecule has 0 atom stereocenters. The number of aryl methyl sites for hydroxylation is 1. The monoisotopic (exact) mass is 585 g/mol. The van der Waals surface area contributed by atoms with Gasteiger partial charge in [0.2, 0.25) is 11.9 Å². The average molecular weight is 586 g/mol. The Kier molecular flexibility index (Phi) is 7.66. The number of H-pyrrole nitrogens is 2. The first-order valence-electron chi connectivity index (χ1n) is 13.4. The van der Waals surface area contributed by atoms with Crippen molar-refractivity contribution in [3.05, 3.63) is 125 Å². The fourth-order valence-corrected chi connectivity index (χ4v) is 5.25. The maximum Gasteiger partial charge on any atom is 0.258 e. The second kappa shape index (κ2) is 12.0. The summed E-state index contributed by atoms with van der Waals surface area (Å²) < 4.78 is 0. The molecule has 0 fully saturated rings. The molecule has 0 saturated heterocycles. The number of imidazole rings is 2. The summed E-state index contributed by atoms with van der Waals surface area (Å²) in [6.45, 7) is 1.90. The Morgan fingerprint density at radius 1 is 0.767 bits per heavy atom. The summed E-state index contributed by atoms with van der Waals surface area (Å²) in [6.07, 6.45) is 0. The van der Waals surface area contributed by atoms with Crippen LogP contribution in [-0.4, -0.2) is 31.8 Å². The number of nitrogens with one attached hydrogen (secondary N) is 4. The Morgan fingerprint density at radius 3 is 2.30 bits per heavy atom. The van der Waals surface area contributed by atoms with Gasteiger partial charge in [-0.3, -0.25) is 20.2 Å². The lowest BCUT2D eigenvalue weighted by Gasteiger charge is -2.04. The predicted octanol–water partition coefficient (Wildman–Crippen LogP) is 7.25. The molecular weight excluding hydrogens is 558 g/mol. The summed E-state index contributed by atoms with van der Waals surface area (Å²) in [7, 11) is 0. The van der Waals surface area contributed by atoms with Crippen molar-refractivity contribution in [1.29, 1.82) is 0 Å². The lowest BCUT2D eigenvalue weighted by atomic mass is 10.1. The first kappa shape index (κ1) is 27.4. The van der Waals surface area contributed by atoms with Crippen molar-refractivity contribution in [2.24, 2.45) is 0 Å². The van der Waals surface area contributed by atoms with Gasteiger partial charge in [0.25, 0.3) is 11.8 Å². The Hall–Kier alpha value is -5.74. The summed E-state index contributed by atoms with van der Waals surface area (Å²) in [5.41, 5.74) is 14.0. The lowest BCUT2D eigenvalue weighted by molar-refractivity contribution is 0.101. The quantitative estimate of drug-likeness (QED) is 0.135. The highest BCUT2D eigenvalue weighted by Crippen LogP contribution is 2.29. The van der Waals surface area contributed by atoms with E-state index in [1.54, 1.807) is 41.7 Å². The number of carbonyl (C=O) groups is 2. The third kappa shape index (κ3) is 6.14. The van der Waals surface area contributed by atoms with E-state index in [1.165, 1.54) is 0 Å². The van der Waals surface area contributed by atoms with Crippen LogP contribution in [0.3, 0.4) is 0 Å². The minimum Gasteiger partial charge on any atom is -0.399 e. The number of nitrogen functional groups attached to an aromatic ring is 1. The number of fused-ring (bicyclic) bond motifs is 2. The van der Waals surface area contributed by atoms with Crippen LogP contribution in [0.2, 0.25) is 0 Å². The van der Waals surface area contributed by atoms with Gasteiger partial charge in [-0.15, -0.1) is 0 Å². The van der Waals surface area contributed by atoms with E-state index in [2.05, 4.69) is 42.0 Å². The summed E-state index contributed by atoms with van der Waals surface area (Å²) in [4.78, 5) is 39.5. The van der Waals surface area contributed by atoms with Crippen molar-refractivity contribution in [1.82, 2.24) is 19.9 Å². The molecule has 10 heteroatoms. The Balaban J connectivity index is 0.000000155. The number of hydrogen-bond donors (Lipinski definition) is 5. The number of carbonyl (C=O) groups excluding carboxylic acids is 2. The summed E-state index contributed by atoms with van der Waals surface area (Å²) in [5.74, 6) is 0.507. The van der Waals surface area contributed by atoms with E-state index in [4.69, 9.17) is 5.73 Å². The number of benzene rings is 4. The molecule has 43 heavy (non-hydrogen) atoms. The number of aromatic amines is 2. The van der Waals surface area contributed by atoms with Crippen LogP contribution in [0, 0.1) is 6.92 Å². The molecule has 0 unspecified atom stereocenters.